The van der Waals surface area contributed by atoms with E-state index in [4.69, 9.17) is 9.47 Å². The molecule has 2 aliphatic rings. The minimum absolute atomic E-state index is 0.0550. The number of likely N-dealkylation sites (tertiary alicyclic amines) is 1. The van der Waals surface area contributed by atoms with Crippen LogP contribution in [0.1, 0.15) is 35.4 Å². The van der Waals surface area contributed by atoms with Gasteiger partial charge in [0.15, 0.2) is 0 Å². The number of methoxy groups -OCH3 is 2. The second-order valence-corrected chi connectivity index (χ2v) is 6.45. The molecule has 6 heteroatoms. The summed E-state index contributed by atoms with van der Waals surface area (Å²) < 4.78 is 10.5. The summed E-state index contributed by atoms with van der Waals surface area (Å²) in [5.41, 5.74) is 1.03. The topological polar surface area (TPSA) is 71.9 Å². The SMILES string of the molecule is COCc1cccc(C(=O)N2CCC3(CC2)[C@H](O)C[C@@H]3OC)n1. The van der Waals surface area contributed by atoms with E-state index in [-0.39, 0.29) is 23.5 Å². The summed E-state index contributed by atoms with van der Waals surface area (Å²) in [6.07, 6.45) is 2.04. The van der Waals surface area contributed by atoms with Crippen molar-refractivity contribution >= 4 is 5.91 Å². The van der Waals surface area contributed by atoms with E-state index in [1.54, 1.807) is 20.3 Å². The van der Waals surface area contributed by atoms with Gasteiger partial charge in [0, 0.05) is 39.1 Å². The number of pyridine rings is 1. The minimum atomic E-state index is -0.312. The van der Waals surface area contributed by atoms with Crippen molar-refractivity contribution in [3.63, 3.8) is 0 Å². The van der Waals surface area contributed by atoms with E-state index in [1.165, 1.54) is 0 Å². The Kier molecular flexibility index (Phi) is 4.66. The van der Waals surface area contributed by atoms with E-state index in [9.17, 15) is 9.90 Å². The van der Waals surface area contributed by atoms with Crippen molar-refractivity contribution in [1.82, 2.24) is 9.88 Å². The summed E-state index contributed by atoms with van der Waals surface area (Å²) in [4.78, 5) is 18.8. The van der Waals surface area contributed by atoms with Gasteiger partial charge in [-0.2, -0.15) is 0 Å². The van der Waals surface area contributed by atoms with Gasteiger partial charge in [0.05, 0.1) is 24.5 Å². The maximum Gasteiger partial charge on any atom is 0.272 e. The molecule has 1 amide bonds. The summed E-state index contributed by atoms with van der Waals surface area (Å²) in [6, 6.07) is 5.41. The number of aliphatic hydroxyl groups excluding tert-OH is 1. The monoisotopic (exact) mass is 320 g/mol. The number of aromatic nitrogens is 1. The van der Waals surface area contributed by atoms with Crippen LogP contribution in [-0.4, -0.2) is 60.4 Å². The Labute approximate surface area is 136 Å². The van der Waals surface area contributed by atoms with Crippen molar-refractivity contribution in [3.8, 4) is 0 Å². The van der Waals surface area contributed by atoms with Crippen LogP contribution in [0.4, 0.5) is 0 Å². The average molecular weight is 320 g/mol. The highest BCUT2D eigenvalue weighted by Gasteiger charge is 2.56. The van der Waals surface area contributed by atoms with E-state index in [0.717, 1.165) is 18.5 Å². The van der Waals surface area contributed by atoms with Gasteiger partial charge in [-0.05, 0) is 25.0 Å². The number of aliphatic hydroxyl groups is 1. The zero-order valence-electron chi connectivity index (χ0n) is 13.7. The van der Waals surface area contributed by atoms with Gasteiger partial charge in [-0.1, -0.05) is 6.07 Å². The number of piperidine rings is 1. The van der Waals surface area contributed by atoms with Crippen molar-refractivity contribution < 1.29 is 19.4 Å². The maximum absolute atomic E-state index is 12.6. The molecule has 1 aromatic rings. The fourth-order valence-electron chi connectivity index (χ4n) is 3.83. The van der Waals surface area contributed by atoms with Gasteiger partial charge in [-0.15, -0.1) is 0 Å². The first-order chi connectivity index (χ1) is 11.1. The van der Waals surface area contributed by atoms with Gasteiger partial charge in [0.25, 0.3) is 5.91 Å². The Morgan fingerprint density at radius 1 is 1.39 bits per heavy atom. The zero-order valence-corrected chi connectivity index (χ0v) is 13.7. The predicted molar refractivity (Wildman–Crippen MR) is 83.9 cm³/mol. The van der Waals surface area contributed by atoms with Crippen LogP contribution < -0.4 is 0 Å². The molecule has 1 aromatic heterocycles. The number of amides is 1. The van der Waals surface area contributed by atoms with Crippen molar-refractivity contribution in [2.45, 2.75) is 38.1 Å². The molecule has 126 valence electrons. The molecule has 0 bridgehead atoms. The van der Waals surface area contributed by atoms with Gasteiger partial charge >= 0.3 is 0 Å². The molecule has 0 unspecified atom stereocenters. The number of hydrogen-bond acceptors (Lipinski definition) is 5. The molecule has 2 atom stereocenters. The molecular weight excluding hydrogens is 296 g/mol. The van der Waals surface area contributed by atoms with E-state index in [1.807, 2.05) is 17.0 Å². The Hall–Kier alpha value is -1.50. The molecule has 0 aromatic carbocycles. The van der Waals surface area contributed by atoms with Crippen LogP contribution >= 0.6 is 0 Å². The first-order valence-corrected chi connectivity index (χ1v) is 8.05. The fourth-order valence-corrected chi connectivity index (χ4v) is 3.83. The maximum atomic E-state index is 12.6. The number of rotatable bonds is 4. The number of nitrogens with zero attached hydrogens (tertiary/aromatic N) is 2. The van der Waals surface area contributed by atoms with Crippen LogP contribution in [0.25, 0.3) is 0 Å². The largest absolute Gasteiger partial charge is 0.392 e. The van der Waals surface area contributed by atoms with Crippen molar-refractivity contribution in [3.05, 3.63) is 29.6 Å². The third kappa shape index (κ3) is 2.86. The van der Waals surface area contributed by atoms with Crippen LogP contribution in [0, 0.1) is 5.41 Å². The van der Waals surface area contributed by atoms with Crippen molar-refractivity contribution in [2.75, 3.05) is 27.3 Å². The van der Waals surface area contributed by atoms with Gasteiger partial charge in [-0.25, -0.2) is 4.98 Å². The first kappa shape index (κ1) is 16.4. The van der Waals surface area contributed by atoms with Gasteiger partial charge in [0.1, 0.15) is 5.69 Å². The molecular formula is C17H24N2O4. The number of hydrogen-bond donors (Lipinski definition) is 1. The highest BCUT2D eigenvalue weighted by Crippen LogP contribution is 2.50. The fraction of sp³-hybridized carbons (Fsp3) is 0.647. The van der Waals surface area contributed by atoms with Crippen molar-refractivity contribution in [1.29, 1.82) is 0 Å². The van der Waals surface area contributed by atoms with Crippen LogP contribution in [0.3, 0.4) is 0 Å². The lowest BCUT2D eigenvalue weighted by Crippen LogP contribution is -2.62. The average Bonchev–Trinajstić information content (AvgIpc) is 2.59. The lowest BCUT2D eigenvalue weighted by Gasteiger charge is -2.56. The summed E-state index contributed by atoms with van der Waals surface area (Å²) in [5.74, 6) is -0.0550. The van der Waals surface area contributed by atoms with Crippen LogP contribution in [0.15, 0.2) is 18.2 Å². The predicted octanol–water partition coefficient (Wildman–Crippen LogP) is 1.23. The lowest BCUT2D eigenvalue weighted by molar-refractivity contribution is -0.199. The molecule has 1 aliphatic heterocycles. The molecule has 0 radical (unpaired) electrons. The number of carbonyl (C=O) groups excluding carboxylic acids is 1. The van der Waals surface area contributed by atoms with Crippen LogP contribution in [0.5, 0.6) is 0 Å². The second-order valence-electron chi connectivity index (χ2n) is 6.45. The Balaban J connectivity index is 1.65. The smallest absolute Gasteiger partial charge is 0.272 e. The normalized spacial score (nSPS) is 26.1. The van der Waals surface area contributed by atoms with Gasteiger partial charge in [0.2, 0.25) is 0 Å². The highest BCUT2D eigenvalue weighted by atomic mass is 16.5. The Bertz CT molecular complexity index is 569. The summed E-state index contributed by atoms with van der Waals surface area (Å²) in [5, 5.41) is 10.2. The highest BCUT2D eigenvalue weighted by molar-refractivity contribution is 5.92. The second kappa shape index (κ2) is 6.55. The molecule has 6 nitrogen and oxygen atoms in total. The number of carbonyl (C=O) groups is 1. The zero-order chi connectivity index (χ0) is 16.4. The molecule has 1 saturated carbocycles. The molecule has 23 heavy (non-hydrogen) atoms. The quantitative estimate of drug-likeness (QED) is 0.903. The molecule has 1 saturated heterocycles. The van der Waals surface area contributed by atoms with E-state index in [0.29, 0.717) is 31.8 Å². The van der Waals surface area contributed by atoms with E-state index in [2.05, 4.69) is 4.98 Å². The standard InChI is InChI=1S/C17H24N2O4/c1-22-11-12-4-3-5-13(18-12)16(21)19-8-6-17(7-9-19)14(20)10-15(17)23-2/h3-5,14-15,20H,6-11H2,1-2H3/t14-,15+/m1/s1. The minimum Gasteiger partial charge on any atom is -0.392 e. The van der Waals surface area contributed by atoms with E-state index >= 15 is 0 Å². The Morgan fingerprint density at radius 3 is 2.74 bits per heavy atom. The third-order valence-corrected chi connectivity index (χ3v) is 5.33. The first-order valence-electron chi connectivity index (χ1n) is 8.05. The molecule has 2 heterocycles. The third-order valence-electron chi connectivity index (χ3n) is 5.33. The molecule has 1 spiro atoms. The summed E-state index contributed by atoms with van der Waals surface area (Å²) >= 11 is 0. The van der Waals surface area contributed by atoms with Gasteiger partial charge < -0.3 is 19.5 Å². The summed E-state index contributed by atoms with van der Waals surface area (Å²) in [7, 11) is 3.30. The molecule has 2 fully saturated rings. The Morgan fingerprint density at radius 2 is 2.13 bits per heavy atom. The lowest BCUT2D eigenvalue weighted by atomic mass is 9.58. The van der Waals surface area contributed by atoms with Crippen LogP contribution in [0.2, 0.25) is 0 Å². The van der Waals surface area contributed by atoms with Crippen molar-refractivity contribution in [2.24, 2.45) is 5.41 Å². The molecule has 1 N–H and O–H groups in total. The van der Waals surface area contributed by atoms with Crippen LogP contribution in [-0.2, 0) is 16.1 Å². The summed E-state index contributed by atoms with van der Waals surface area (Å²) in [6.45, 7) is 1.66. The van der Waals surface area contributed by atoms with E-state index < -0.39 is 0 Å². The molecule has 3 rings (SSSR count). The van der Waals surface area contributed by atoms with Gasteiger partial charge in [-0.3, -0.25) is 4.79 Å². The number of ether oxygens (including phenoxy) is 2. The molecule has 1 aliphatic carbocycles.